The molecule has 102 valence electrons. The molecule has 0 radical (unpaired) electrons. The topological polar surface area (TPSA) is 0 Å². The monoisotopic (exact) mass is 510 g/mol. The van der Waals surface area contributed by atoms with Crippen LogP contribution in [0.2, 0.25) is 23.3 Å². The molecule has 0 aliphatic heterocycles. The van der Waals surface area contributed by atoms with E-state index in [0.717, 1.165) is 59.8 Å². The van der Waals surface area contributed by atoms with Gasteiger partial charge in [0.1, 0.15) is 0 Å². The third-order valence-corrected chi connectivity index (χ3v) is 7.75. The fraction of sp³-hybridized carbons (Fsp3) is 0.571. The average molecular weight is 506 g/mol. The molecule has 0 bridgehead atoms. The van der Waals surface area contributed by atoms with Crippen molar-refractivity contribution in [2.75, 3.05) is 0 Å². The van der Waals surface area contributed by atoms with Gasteiger partial charge in [-0.2, -0.15) is 0 Å². The number of hydrogen-bond donors (Lipinski definition) is 0. The third kappa shape index (κ3) is 5.35. The molecule has 18 heavy (non-hydrogen) atoms. The van der Waals surface area contributed by atoms with Gasteiger partial charge in [0.15, 0.2) is 0 Å². The van der Waals surface area contributed by atoms with Crippen molar-refractivity contribution in [2.24, 2.45) is 0 Å². The minimum atomic E-state index is 0.764. The Bertz CT molecular complexity index is 297. The number of hydrogen-bond acceptors (Lipinski definition) is 0. The zero-order valence-electron chi connectivity index (χ0n) is 11.6. The molecule has 0 saturated heterocycles. The van der Waals surface area contributed by atoms with Gasteiger partial charge in [0.2, 0.25) is 0 Å². The van der Waals surface area contributed by atoms with Crippen LogP contribution in [0.3, 0.4) is 0 Å². The molecule has 0 saturated carbocycles. The molecule has 0 heterocycles. The Hall–Kier alpha value is 1.30. The zero-order valence-corrected chi connectivity index (χ0v) is 18.5. The fourth-order valence-corrected chi connectivity index (χ4v) is 6.82. The molecule has 0 fully saturated rings. The summed E-state index contributed by atoms with van der Waals surface area (Å²) in [6, 6.07) is 5.14. The molecule has 0 aliphatic carbocycles. The van der Waals surface area contributed by atoms with E-state index in [0.29, 0.717) is 0 Å². The van der Waals surface area contributed by atoms with Crippen LogP contribution >= 0.6 is 0 Å². The van der Waals surface area contributed by atoms with Crippen LogP contribution in [0.4, 0.5) is 0 Å². The second-order valence-electron chi connectivity index (χ2n) is 4.12. The molecule has 1 aromatic rings. The summed E-state index contributed by atoms with van der Waals surface area (Å²) in [5.41, 5.74) is 6.70. The zero-order chi connectivity index (χ0) is 13.4. The second kappa shape index (κ2) is 10.1. The van der Waals surface area contributed by atoms with E-state index >= 15 is 0 Å². The van der Waals surface area contributed by atoms with Crippen LogP contribution in [0.25, 0.3) is 0 Å². The molecule has 0 amide bonds. The van der Waals surface area contributed by atoms with E-state index < -0.39 is 0 Å². The van der Waals surface area contributed by atoms with Gasteiger partial charge in [-0.25, -0.2) is 0 Å². The average Bonchev–Trinajstić information content (AvgIpc) is 2.35. The maximum atomic E-state index is 2.57. The molecule has 0 atom stereocenters. The summed E-state index contributed by atoms with van der Waals surface area (Å²) >= 11 is 3.06. The SMILES string of the molecule is C[Se]Cc1cc(C[Se]C)c(C[Se]C)cc1C[Se]C. The van der Waals surface area contributed by atoms with Gasteiger partial charge in [0.05, 0.1) is 0 Å². The predicted octanol–water partition coefficient (Wildman–Crippen LogP) is 2.70. The first-order valence-corrected chi connectivity index (χ1v) is 17.6. The summed E-state index contributed by atoms with van der Waals surface area (Å²) in [4.78, 5) is 0. The Labute approximate surface area is 137 Å². The van der Waals surface area contributed by atoms with Crippen LogP contribution in [0.15, 0.2) is 12.1 Å². The molecule has 0 aromatic heterocycles. The van der Waals surface area contributed by atoms with Gasteiger partial charge in [-0.3, -0.25) is 0 Å². The van der Waals surface area contributed by atoms with Crippen molar-refractivity contribution in [1.82, 2.24) is 0 Å². The molecule has 1 rings (SSSR count). The number of rotatable bonds is 8. The third-order valence-electron chi connectivity index (χ3n) is 2.72. The summed E-state index contributed by atoms with van der Waals surface area (Å²) < 4.78 is 0. The van der Waals surface area contributed by atoms with Gasteiger partial charge in [-0.05, 0) is 0 Å². The summed E-state index contributed by atoms with van der Waals surface area (Å²) in [7, 11) is 0. The van der Waals surface area contributed by atoms with Gasteiger partial charge in [-0.1, -0.05) is 0 Å². The molecular weight excluding hydrogens is 484 g/mol. The van der Waals surface area contributed by atoms with Gasteiger partial charge < -0.3 is 0 Å². The van der Waals surface area contributed by atoms with E-state index in [1.807, 2.05) is 0 Å². The van der Waals surface area contributed by atoms with Crippen LogP contribution in [0.5, 0.6) is 0 Å². The van der Waals surface area contributed by atoms with Crippen LogP contribution in [-0.4, -0.2) is 59.8 Å². The van der Waals surface area contributed by atoms with Crippen LogP contribution in [-0.2, 0) is 21.3 Å². The van der Waals surface area contributed by atoms with Crippen molar-refractivity contribution in [3.63, 3.8) is 0 Å². The van der Waals surface area contributed by atoms with Gasteiger partial charge >= 0.3 is 139 Å². The number of benzene rings is 1. The Kier molecular flexibility index (Phi) is 9.72. The molecule has 1 aromatic carbocycles. The summed E-state index contributed by atoms with van der Waals surface area (Å²) in [5, 5.41) is 5.33. The first-order chi connectivity index (χ1) is 8.76. The van der Waals surface area contributed by atoms with Crippen molar-refractivity contribution in [3.8, 4) is 0 Å². The van der Waals surface area contributed by atoms with E-state index in [-0.39, 0.29) is 0 Å². The summed E-state index contributed by atoms with van der Waals surface area (Å²) in [5.74, 6) is 9.45. The maximum absolute atomic E-state index is 2.57. The minimum absolute atomic E-state index is 0.764. The Morgan fingerprint density at radius 2 is 0.778 bits per heavy atom. The molecule has 0 N–H and O–H groups in total. The van der Waals surface area contributed by atoms with Gasteiger partial charge in [-0.15, -0.1) is 0 Å². The van der Waals surface area contributed by atoms with Crippen molar-refractivity contribution in [3.05, 3.63) is 34.4 Å². The fourth-order valence-electron chi connectivity index (χ4n) is 1.95. The van der Waals surface area contributed by atoms with Gasteiger partial charge in [0.25, 0.3) is 0 Å². The van der Waals surface area contributed by atoms with E-state index in [1.165, 1.54) is 21.3 Å². The molecule has 0 spiro atoms. The van der Waals surface area contributed by atoms with Crippen molar-refractivity contribution >= 4 is 59.8 Å². The van der Waals surface area contributed by atoms with Crippen LogP contribution < -0.4 is 0 Å². The summed E-state index contributed by atoms with van der Waals surface area (Å²) in [6.45, 7) is 0. The molecule has 0 unspecified atom stereocenters. The van der Waals surface area contributed by atoms with E-state index in [4.69, 9.17) is 0 Å². The van der Waals surface area contributed by atoms with Crippen molar-refractivity contribution in [2.45, 2.75) is 44.6 Å². The standard InChI is InChI=1S/C14H22Se4/c1-15-7-11-5-13(9-17-3)14(10-18-4)6-12(11)8-16-2/h5-6H,7-10H2,1-4H3. The van der Waals surface area contributed by atoms with Gasteiger partial charge in [0, 0.05) is 0 Å². The molecular formula is C14H22Se4. The van der Waals surface area contributed by atoms with Crippen LogP contribution in [0.1, 0.15) is 22.3 Å². The normalized spacial score (nSPS) is 10.9. The Balaban J connectivity index is 3.11. The van der Waals surface area contributed by atoms with Crippen LogP contribution in [0, 0.1) is 0 Å². The van der Waals surface area contributed by atoms with E-state index in [2.05, 4.69) is 35.4 Å². The Morgan fingerprint density at radius 3 is 0.944 bits per heavy atom. The predicted molar refractivity (Wildman–Crippen MR) is 87.7 cm³/mol. The van der Waals surface area contributed by atoms with E-state index in [9.17, 15) is 0 Å². The van der Waals surface area contributed by atoms with Crippen molar-refractivity contribution in [1.29, 1.82) is 0 Å². The summed E-state index contributed by atoms with van der Waals surface area (Å²) in [6.07, 6.45) is 0. The second-order valence-corrected chi connectivity index (χ2v) is 11.4. The van der Waals surface area contributed by atoms with E-state index in [1.54, 1.807) is 22.3 Å². The first kappa shape index (κ1) is 17.3. The van der Waals surface area contributed by atoms with Crippen molar-refractivity contribution < 1.29 is 0 Å². The molecule has 0 aliphatic rings. The Morgan fingerprint density at radius 1 is 0.556 bits per heavy atom. The quantitative estimate of drug-likeness (QED) is 0.477. The molecule has 0 nitrogen and oxygen atoms in total. The molecule has 4 heteroatoms. The first-order valence-electron chi connectivity index (χ1n) is 5.86.